The van der Waals surface area contributed by atoms with Crippen molar-refractivity contribution in [3.05, 3.63) is 71.2 Å². The Morgan fingerprint density at radius 1 is 1.14 bits per heavy atom. The summed E-state index contributed by atoms with van der Waals surface area (Å²) in [5, 5.41) is 2.77. The average molecular weight is 494 g/mol. The fraction of sp³-hybridized carbons (Fsp3) is 0.269. The summed E-state index contributed by atoms with van der Waals surface area (Å²) >= 11 is 0. The van der Waals surface area contributed by atoms with E-state index in [0.29, 0.717) is 53.4 Å². The Hall–Kier alpha value is -4.08. The van der Waals surface area contributed by atoms with Crippen molar-refractivity contribution in [3.63, 3.8) is 0 Å². The number of nitrogens with zero attached hydrogens (tertiary/aromatic N) is 2. The highest BCUT2D eigenvalue weighted by Gasteiger charge is 2.34. The smallest absolute Gasteiger partial charge is 0.416 e. The first kappa shape index (κ1) is 22.4. The van der Waals surface area contributed by atoms with E-state index in [4.69, 9.17) is 9.47 Å². The van der Waals surface area contributed by atoms with Gasteiger partial charge in [-0.25, -0.2) is 9.97 Å². The number of rotatable bonds is 4. The Labute approximate surface area is 203 Å². The Kier molecular flexibility index (Phi) is 5.13. The molecular weight excluding hydrogens is 473 g/mol. The van der Waals surface area contributed by atoms with Crippen LogP contribution in [0.25, 0.3) is 11.0 Å². The number of carbonyl (C=O) groups excluding carboxylic acids is 1. The molecule has 2 aromatic carbocycles. The molecule has 184 valence electrons. The number of carbonyl (C=O) groups is 1. The Morgan fingerprint density at radius 2 is 2.00 bits per heavy atom. The van der Waals surface area contributed by atoms with E-state index < -0.39 is 11.7 Å². The van der Waals surface area contributed by atoms with Crippen LogP contribution in [0.4, 0.5) is 19.0 Å². The summed E-state index contributed by atoms with van der Waals surface area (Å²) in [5.74, 6) is 2.93. The van der Waals surface area contributed by atoms with E-state index in [1.807, 2.05) is 25.1 Å². The molecule has 2 atom stereocenters. The minimum atomic E-state index is -4.41. The summed E-state index contributed by atoms with van der Waals surface area (Å²) in [7, 11) is 0. The first-order valence-corrected chi connectivity index (χ1v) is 11.6. The highest BCUT2D eigenvalue weighted by molar-refractivity contribution is 5.93. The lowest BCUT2D eigenvalue weighted by Gasteiger charge is -2.19. The number of fused-ring (bicyclic) bond motifs is 3. The first-order chi connectivity index (χ1) is 17.2. The molecule has 2 aromatic heterocycles. The summed E-state index contributed by atoms with van der Waals surface area (Å²) in [6.45, 7) is 1.96. The van der Waals surface area contributed by atoms with Crippen LogP contribution in [-0.4, -0.2) is 27.0 Å². The highest BCUT2D eigenvalue weighted by Crippen LogP contribution is 2.43. The predicted octanol–water partition coefficient (Wildman–Crippen LogP) is 5.76. The lowest BCUT2D eigenvalue weighted by molar-refractivity contribution is -0.137. The third-order valence-corrected chi connectivity index (χ3v) is 6.63. The number of anilines is 1. The van der Waals surface area contributed by atoms with Crippen LogP contribution >= 0.6 is 0 Å². The van der Waals surface area contributed by atoms with Gasteiger partial charge in [-0.15, -0.1) is 0 Å². The maximum Gasteiger partial charge on any atom is 0.416 e. The van der Waals surface area contributed by atoms with Gasteiger partial charge >= 0.3 is 6.18 Å². The molecule has 0 unspecified atom stereocenters. The molecule has 0 radical (unpaired) electrons. The lowest BCUT2D eigenvalue weighted by atomic mass is 9.92. The number of amides is 1. The van der Waals surface area contributed by atoms with Crippen molar-refractivity contribution in [3.8, 4) is 17.2 Å². The molecule has 0 spiro atoms. The monoisotopic (exact) mass is 494 g/mol. The van der Waals surface area contributed by atoms with Gasteiger partial charge in [-0.1, -0.05) is 0 Å². The minimum Gasteiger partial charge on any atom is -0.490 e. The van der Waals surface area contributed by atoms with Gasteiger partial charge in [-0.3, -0.25) is 4.79 Å². The summed E-state index contributed by atoms with van der Waals surface area (Å²) in [5.41, 5.74) is 1.90. The van der Waals surface area contributed by atoms with Crippen molar-refractivity contribution >= 4 is 22.8 Å². The molecular formula is C26H21F3N4O3. The molecule has 0 aliphatic carbocycles. The first-order valence-electron chi connectivity index (χ1n) is 11.6. The molecule has 6 rings (SSSR count). The van der Waals surface area contributed by atoms with Crippen molar-refractivity contribution in [2.24, 2.45) is 0 Å². The third-order valence-electron chi connectivity index (χ3n) is 6.63. The zero-order valence-electron chi connectivity index (χ0n) is 19.1. The summed E-state index contributed by atoms with van der Waals surface area (Å²) in [4.78, 5) is 23.5. The van der Waals surface area contributed by atoms with Crippen molar-refractivity contribution in [1.82, 2.24) is 15.0 Å². The fourth-order valence-electron chi connectivity index (χ4n) is 4.82. The highest BCUT2D eigenvalue weighted by atomic mass is 19.4. The Morgan fingerprint density at radius 3 is 2.83 bits per heavy atom. The summed E-state index contributed by atoms with van der Waals surface area (Å²) in [6, 6.07) is 10.9. The number of alkyl halides is 3. The largest absolute Gasteiger partial charge is 0.490 e. The minimum absolute atomic E-state index is 0.0705. The Bertz CT molecular complexity index is 1500. The Balaban J connectivity index is 1.27. The van der Waals surface area contributed by atoms with E-state index in [-0.39, 0.29) is 17.9 Å². The van der Waals surface area contributed by atoms with E-state index in [0.717, 1.165) is 29.0 Å². The van der Waals surface area contributed by atoms with Crippen molar-refractivity contribution in [1.29, 1.82) is 0 Å². The number of benzene rings is 2. The second kappa shape index (κ2) is 8.25. The van der Waals surface area contributed by atoms with Gasteiger partial charge in [-0.2, -0.15) is 13.2 Å². The van der Waals surface area contributed by atoms with Crippen molar-refractivity contribution < 1.29 is 27.4 Å². The van der Waals surface area contributed by atoms with Crippen LogP contribution in [0.15, 0.2) is 48.7 Å². The van der Waals surface area contributed by atoms with Crippen LogP contribution in [0.1, 0.15) is 41.8 Å². The van der Waals surface area contributed by atoms with Crippen LogP contribution in [0.2, 0.25) is 0 Å². The normalized spacial score (nSPS) is 18.9. The molecule has 0 fully saturated rings. The average Bonchev–Trinajstić information content (AvgIpc) is 3.38. The molecule has 4 aromatic rings. The molecule has 36 heavy (non-hydrogen) atoms. The van der Waals surface area contributed by atoms with E-state index in [1.165, 1.54) is 6.07 Å². The number of imidazole rings is 1. The number of hydrogen-bond acceptors (Lipinski definition) is 5. The third kappa shape index (κ3) is 4.02. The van der Waals surface area contributed by atoms with Crippen molar-refractivity contribution in [2.75, 3.05) is 5.32 Å². The molecule has 0 bridgehead atoms. The number of ether oxygens (including phenoxy) is 2. The maximum atomic E-state index is 13.1. The second-order valence-electron chi connectivity index (χ2n) is 9.03. The number of H-pyrrole nitrogens is 1. The van der Waals surface area contributed by atoms with Gasteiger partial charge in [0.1, 0.15) is 35.0 Å². The molecule has 1 amide bonds. The van der Waals surface area contributed by atoms with Gasteiger partial charge in [-0.05, 0) is 55.8 Å². The van der Waals surface area contributed by atoms with Crippen LogP contribution in [0.5, 0.6) is 17.2 Å². The number of aromatic nitrogens is 3. The van der Waals surface area contributed by atoms with E-state index in [9.17, 15) is 18.0 Å². The van der Waals surface area contributed by atoms with Gasteiger partial charge < -0.3 is 19.8 Å². The number of hydrogen-bond donors (Lipinski definition) is 2. The van der Waals surface area contributed by atoms with Crippen LogP contribution in [0.3, 0.4) is 0 Å². The number of halogens is 3. The molecule has 10 heteroatoms. The van der Waals surface area contributed by atoms with Gasteiger partial charge in [0.15, 0.2) is 0 Å². The number of aromatic amines is 1. The van der Waals surface area contributed by atoms with Crippen LogP contribution in [-0.2, 0) is 23.8 Å². The van der Waals surface area contributed by atoms with Gasteiger partial charge in [0.25, 0.3) is 0 Å². The van der Waals surface area contributed by atoms with Crippen molar-refractivity contribution in [2.45, 2.75) is 44.4 Å². The zero-order chi connectivity index (χ0) is 25.0. The summed E-state index contributed by atoms with van der Waals surface area (Å²) in [6.07, 6.45) is -1.60. The predicted molar refractivity (Wildman–Crippen MR) is 125 cm³/mol. The molecule has 0 saturated heterocycles. The second-order valence-corrected chi connectivity index (χ2v) is 9.03. The van der Waals surface area contributed by atoms with Gasteiger partial charge in [0.05, 0.1) is 16.6 Å². The standard InChI is InChI=1S/C26H21F3N4O3/c1-13-17(12-23-31-19-5-2-14(26(27,28)29)10-20(19)32-23)18-11-15(3-6-21(18)35-13)36-22-8-9-30-25-16(22)4-7-24(34)33-25/h2-3,5-6,8-11,13,17H,4,7,12H2,1H3,(H,31,32)(H,30,33,34)/t13-,17+/m1/s1. The molecule has 7 nitrogen and oxygen atoms in total. The van der Waals surface area contributed by atoms with Gasteiger partial charge in [0, 0.05) is 36.1 Å². The van der Waals surface area contributed by atoms with E-state index in [2.05, 4.69) is 20.3 Å². The lowest BCUT2D eigenvalue weighted by Crippen LogP contribution is -2.20. The van der Waals surface area contributed by atoms with Crippen LogP contribution in [0, 0.1) is 0 Å². The molecule has 0 saturated carbocycles. The number of nitrogens with one attached hydrogen (secondary N) is 2. The molecule has 2 aliphatic heterocycles. The summed E-state index contributed by atoms with van der Waals surface area (Å²) < 4.78 is 51.5. The fourth-order valence-corrected chi connectivity index (χ4v) is 4.82. The molecule has 2 aliphatic rings. The van der Waals surface area contributed by atoms with E-state index >= 15 is 0 Å². The maximum absolute atomic E-state index is 13.1. The topological polar surface area (TPSA) is 89.1 Å². The molecule has 2 N–H and O–H groups in total. The van der Waals surface area contributed by atoms with E-state index in [1.54, 1.807) is 12.3 Å². The van der Waals surface area contributed by atoms with Crippen LogP contribution < -0.4 is 14.8 Å². The number of pyridine rings is 1. The SMILES string of the molecule is C[C@H]1Oc2ccc(Oc3ccnc4c3CCC(=O)N4)cc2[C@H]1Cc1nc2ccc(C(F)(F)F)cc2[nH]1. The zero-order valence-corrected chi connectivity index (χ0v) is 19.1. The van der Waals surface area contributed by atoms with Gasteiger partial charge in [0.2, 0.25) is 5.91 Å². The molecule has 4 heterocycles. The quantitative estimate of drug-likeness (QED) is 0.377.